The summed E-state index contributed by atoms with van der Waals surface area (Å²) in [7, 11) is 0. The second kappa shape index (κ2) is 6.58. The Labute approximate surface area is 112 Å². The molecule has 0 saturated carbocycles. The third kappa shape index (κ3) is 4.04. The summed E-state index contributed by atoms with van der Waals surface area (Å²) in [6.45, 7) is 4.31. The average molecular weight is 281 g/mol. The van der Waals surface area contributed by atoms with E-state index >= 15 is 0 Å². The molecule has 1 rings (SSSR count). The van der Waals surface area contributed by atoms with Gasteiger partial charge in [0, 0.05) is 6.04 Å². The normalized spacial score (nSPS) is 12.6. The van der Waals surface area contributed by atoms with Crippen molar-refractivity contribution in [1.82, 2.24) is 0 Å². The van der Waals surface area contributed by atoms with E-state index in [0.29, 0.717) is 21.1 Å². The largest absolute Gasteiger partial charge is 0.381 e. The van der Waals surface area contributed by atoms with E-state index in [4.69, 9.17) is 34.8 Å². The molecule has 0 aliphatic rings. The molecule has 16 heavy (non-hydrogen) atoms. The summed E-state index contributed by atoms with van der Waals surface area (Å²) in [6.07, 6.45) is 3.52. The molecule has 90 valence electrons. The van der Waals surface area contributed by atoms with Crippen LogP contribution in [0.25, 0.3) is 0 Å². The molecule has 0 aliphatic carbocycles. The molecule has 1 aromatic rings. The summed E-state index contributed by atoms with van der Waals surface area (Å²) in [5.41, 5.74) is 0.847. The van der Waals surface area contributed by atoms with Crippen LogP contribution in [0.4, 0.5) is 5.69 Å². The van der Waals surface area contributed by atoms with Gasteiger partial charge in [-0.25, -0.2) is 0 Å². The summed E-state index contributed by atoms with van der Waals surface area (Å²) in [5, 5.41) is 4.96. The summed E-state index contributed by atoms with van der Waals surface area (Å²) in [5.74, 6) is 0. The first-order valence-electron chi connectivity index (χ1n) is 5.45. The van der Waals surface area contributed by atoms with Gasteiger partial charge in [0.1, 0.15) is 0 Å². The van der Waals surface area contributed by atoms with Crippen molar-refractivity contribution in [3.8, 4) is 0 Å². The maximum absolute atomic E-state index is 6.07. The summed E-state index contributed by atoms with van der Waals surface area (Å²) in [6, 6.07) is 3.82. The number of hydrogen-bond acceptors (Lipinski definition) is 1. The molecule has 0 aromatic heterocycles. The standard InChI is InChI=1S/C12H16Cl3N/c1-3-4-5-8(2)16-12-7-10(14)9(13)6-11(12)15/h6-8,16H,3-5H2,1-2H3. The van der Waals surface area contributed by atoms with Gasteiger partial charge >= 0.3 is 0 Å². The first-order chi connectivity index (χ1) is 7.54. The van der Waals surface area contributed by atoms with Crippen molar-refractivity contribution < 1.29 is 0 Å². The van der Waals surface area contributed by atoms with Crippen molar-refractivity contribution in [2.24, 2.45) is 0 Å². The van der Waals surface area contributed by atoms with E-state index in [1.54, 1.807) is 12.1 Å². The van der Waals surface area contributed by atoms with Gasteiger partial charge in [0.05, 0.1) is 20.8 Å². The monoisotopic (exact) mass is 279 g/mol. The summed E-state index contributed by atoms with van der Waals surface area (Å²) in [4.78, 5) is 0. The maximum Gasteiger partial charge on any atom is 0.0653 e. The zero-order valence-corrected chi connectivity index (χ0v) is 11.8. The lowest BCUT2D eigenvalue weighted by Crippen LogP contribution is -2.15. The minimum atomic E-state index is 0.384. The van der Waals surface area contributed by atoms with Crippen molar-refractivity contribution in [3.63, 3.8) is 0 Å². The van der Waals surface area contributed by atoms with Crippen molar-refractivity contribution in [2.75, 3.05) is 5.32 Å². The molecule has 0 bridgehead atoms. The van der Waals surface area contributed by atoms with Crippen LogP contribution in [0.2, 0.25) is 15.1 Å². The molecule has 0 fully saturated rings. The van der Waals surface area contributed by atoms with Crippen molar-refractivity contribution in [1.29, 1.82) is 0 Å². The smallest absolute Gasteiger partial charge is 0.0653 e. The Hall–Kier alpha value is -0.110. The Bertz CT molecular complexity index is 352. The minimum Gasteiger partial charge on any atom is -0.381 e. The third-order valence-corrected chi connectivity index (χ3v) is 3.44. The van der Waals surface area contributed by atoms with Gasteiger partial charge in [-0.3, -0.25) is 0 Å². The molecule has 4 heteroatoms. The van der Waals surface area contributed by atoms with Crippen molar-refractivity contribution in [2.45, 2.75) is 39.2 Å². The fourth-order valence-corrected chi connectivity index (χ4v) is 2.08. The van der Waals surface area contributed by atoms with Crippen LogP contribution in [-0.2, 0) is 0 Å². The summed E-state index contributed by atoms with van der Waals surface area (Å²) < 4.78 is 0. The van der Waals surface area contributed by atoms with Crippen molar-refractivity contribution >= 4 is 40.5 Å². The highest BCUT2D eigenvalue weighted by Crippen LogP contribution is 2.32. The van der Waals surface area contributed by atoms with Crippen LogP contribution < -0.4 is 5.32 Å². The predicted molar refractivity (Wildman–Crippen MR) is 74.1 cm³/mol. The van der Waals surface area contributed by atoms with E-state index in [2.05, 4.69) is 19.2 Å². The lowest BCUT2D eigenvalue weighted by Gasteiger charge is -2.16. The lowest BCUT2D eigenvalue weighted by molar-refractivity contribution is 0.645. The Balaban J connectivity index is 2.69. The van der Waals surface area contributed by atoms with Gasteiger partial charge < -0.3 is 5.32 Å². The zero-order valence-electron chi connectivity index (χ0n) is 9.49. The number of rotatable bonds is 5. The fraction of sp³-hybridized carbons (Fsp3) is 0.500. The van der Waals surface area contributed by atoms with Crippen LogP contribution in [0.5, 0.6) is 0 Å². The van der Waals surface area contributed by atoms with Gasteiger partial charge in [-0.05, 0) is 25.5 Å². The molecule has 0 heterocycles. The van der Waals surface area contributed by atoms with Crippen molar-refractivity contribution in [3.05, 3.63) is 27.2 Å². The zero-order chi connectivity index (χ0) is 12.1. The Morgan fingerprint density at radius 2 is 1.75 bits per heavy atom. The van der Waals surface area contributed by atoms with Gasteiger partial charge in [0.2, 0.25) is 0 Å². The van der Waals surface area contributed by atoms with Crippen LogP contribution in [0.1, 0.15) is 33.1 Å². The second-order valence-electron chi connectivity index (χ2n) is 3.93. The summed E-state index contributed by atoms with van der Waals surface area (Å²) >= 11 is 17.9. The molecule has 1 N–H and O–H groups in total. The first kappa shape index (κ1) is 14.0. The molecular weight excluding hydrogens is 264 g/mol. The number of unbranched alkanes of at least 4 members (excludes halogenated alkanes) is 1. The molecule has 1 unspecified atom stereocenters. The second-order valence-corrected chi connectivity index (χ2v) is 5.16. The molecule has 0 spiro atoms. The van der Waals surface area contributed by atoms with Gasteiger partial charge in [0.25, 0.3) is 0 Å². The molecule has 1 atom stereocenters. The molecular formula is C12H16Cl3N. The first-order valence-corrected chi connectivity index (χ1v) is 6.59. The van der Waals surface area contributed by atoms with Gasteiger partial charge in [-0.15, -0.1) is 0 Å². The average Bonchev–Trinajstić information content (AvgIpc) is 2.23. The van der Waals surface area contributed by atoms with Crippen LogP contribution in [-0.4, -0.2) is 6.04 Å². The molecule has 1 aromatic carbocycles. The van der Waals surface area contributed by atoms with E-state index in [9.17, 15) is 0 Å². The van der Waals surface area contributed by atoms with E-state index in [-0.39, 0.29) is 0 Å². The van der Waals surface area contributed by atoms with Crippen LogP contribution in [0.3, 0.4) is 0 Å². The Morgan fingerprint density at radius 3 is 2.38 bits per heavy atom. The van der Waals surface area contributed by atoms with E-state index in [0.717, 1.165) is 12.1 Å². The van der Waals surface area contributed by atoms with Gasteiger partial charge in [0.15, 0.2) is 0 Å². The lowest BCUT2D eigenvalue weighted by atomic mass is 10.1. The third-order valence-electron chi connectivity index (χ3n) is 2.40. The SMILES string of the molecule is CCCCC(C)Nc1cc(Cl)c(Cl)cc1Cl. The quantitative estimate of drug-likeness (QED) is 0.688. The Morgan fingerprint density at radius 1 is 1.12 bits per heavy atom. The van der Waals surface area contributed by atoms with Gasteiger partial charge in [-0.2, -0.15) is 0 Å². The van der Waals surface area contributed by atoms with E-state index in [1.165, 1.54) is 12.8 Å². The molecule has 0 amide bonds. The predicted octanol–water partition coefficient (Wildman–Crippen LogP) is 5.64. The molecule has 0 radical (unpaired) electrons. The fourth-order valence-electron chi connectivity index (χ4n) is 1.48. The van der Waals surface area contributed by atoms with Gasteiger partial charge in [-0.1, -0.05) is 54.6 Å². The maximum atomic E-state index is 6.07. The minimum absolute atomic E-state index is 0.384. The van der Waals surface area contributed by atoms with Crippen LogP contribution in [0.15, 0.2) is 12.1 Å². The molecule has 1 nitrogen and oxygen atoms in total. The highest BCUT2D eigenvalue weighted by atomic mass is 35.5. The highest BCUT2D eigenvalue weighted by Gasteiger charge is 2.08. The number of nitrogens with one attached hydrogen (secondary N) is 1. The number of hydrogen-bond donors (Lipinski definition) is 1. The van der Waals surface area contributed by atoms with Crippen LogP contribution >= 0.6 is 34.8 Å². The molecule has 0 saturated heterocycles. The number of benzene rings is 1. The number of anilines is 1. The molecule has 0 aliphatic heterocycles. The topological polar surface area (TPSA) is 12.0 Å². The number of halogens is 3. The highest BCUT2D eigenvalue weighted by molar-refractivity contribution is 6.44. The van der Waals surface area contributed by atoms with E-state index in [1.807, 2.05) is 0 Å². The van der Waals surface area contributed by atoms with Crippen LogP contribution in [0, 0.1) is 0 Å². The van der Waals surface area contributed by atoms with E-state index < -0.39 is 0 Å². The Kier molecular flexibility index (Phi) is 5.74.